The fourth-order valence-electron chi connectivity index (χ4n) is 3.37. The van der Waals surface area contributed by atoms with Crippen molar-refractivity contribution in [3.63, 3.8) is 0 Å². The molecule has 0 saturated heterocycles. The largest absolute Gasteiger partial charge is 0.490 e. The highest BCUT2D eigenvalue weighted by Crippen LogP contribution is 2.34. The molecule has 3 aromatic rings. The number of amides is 1. The van der Waals surface area contributed by atoms with Crippen molar-refractivity contribution in [1.29, 1.82) is 0 Å². The Bertz CT molecular complexity index is 1090. The number of hydrogen-bond donors (Lipinski definition) is 1. The molecular formula is C26H29Cl2N3O2S. The number of carbonyl (C=O) groups excluding carboxylic acids is 1. The minimum Gasteiger partial charge on any atom is -0.490 e. The number of nitrogens with one attached hydrogen (secondary N) is 1. The van der Waals surface area contributed by atoms with Gasteiger partial charge in [0.2, 0.25) is 0 Å². The zero-order chi connectivity index (χ0) is 24.3. The Morgan fingerprint density at radius 1 is 1.09 bits per heavy atom. The van der Waals surface area contributed by atoms with Gasteiger partial charge in [0, 0.05) is 16.5 Å². The van der Waals surface area contributed by atoms with Crippen molar-refractivity contribution in [1.82, 2.24) is 10.4 Å². The first-order chi connectivity index (χ1) is 16.5. The van der Waals surface area contributed by atoms with Crippen molar-refractivity contribution in [2.24, 2.45) is 5.10 Å². The number of aromatic nitrogens is 1. The molecule has 1 amide bonds. The number of thiazole rings is 1. The van der Waals surface area contributed by atoms with Crippen LogP contribution in [0.15, 0.2) is 46.9 Å². The van der Waals surface area contributed by atoms with Gasteiger partial charge in [-0.25, -0.2) is 10.4 Å². The van der Waals surface area contributed by atoms with E-state index in [4.69, 9.17) is 27.9 Å². The molecule has 0 atom stereocenters. The fraction of sp³-hybridized carbons (Fsp3) is 0.346. The van der Waals surface area contributed by atoms with Crippen LogP contribution in [0, 0.1) is 6.92 Å². The van der Waals surface area contributed by atoms with E-state index in [0.717, 1.165) is 29.1 Å². The number of unbranched alkanes of at least 4 members (excludes halogenated alkanes) is 5. The second-order valence-corrected chi connectivity index (χ2v) is 9.83. The Hall–Kier alpha value is -2.41. The predicted octanol–water partition coefficient (Wildman–Crippen LogP) is 7.93. The number of hydrazone groups is 1. The van der Waals surface area contributed by atoms with Crippen LogP contribution in [0.4, 0.5) is 0 Å². The van der Waals surface area contributed by atoms with E-state index in [-0.39, 0.29) is 5.91 Å². The van der Waals surface area contributed by atoms with Crippen molar-refractivity contribution >= 4 is 46.7 Å². The highest BCUT2D eigenvalue weighted by Gasteiger charge is 2.10. The van der Waals surface area contributed by atoms with E-state index >= 15 is 0 Å². The van der Waals surface area contributed by atoms with Gasteiger partial charge in [0.05, 0.1) is 33.6 Å². The maximum absolute atomic E-state index is 12.4. The van der Waals surface area contributed by atoms with E-state index in [1.54, 1.807) is 35.6 Å². The Morgan fingerprint density at radius 2 is 1.76 bits per heavy atom. The third-order valence-electron chi connectivity index (χ3n) is 5.21. The Labute approximate surface area is 215 Å². The molecule has 0 saturated carbocycles. The van der Waals surface area contributed by atoms with Gasteiger partial charge in [0.1, 0.15) is 0 Å². The molecule has 34 heavy (non-hydrogen) atoms. The maximum Gasteiger partial charge on any atom is 0.271 e. The quantitative estimate of drug-likeness (QED) is 0.150. The van der Waals surface area contributed by atoms with E-state index in [2.05, 4.69) is 22.4 Å². The molecule has 0 spiro atoms. The normalized spacial score (nSPS) is 11.2. The predicted molar refractivity (Wildman–Crippen MR) is 143 cm³/mol. The van der Waals surface area contributed by atoms with E-state index in [9.17, 15) is 4.79 Å². The van der Waals surface area contributed by atoms with Gasteiger partial charge in [-0.3, -0.25) is 4.79 Å². The summed E-state index contributed by atoms with van der Waals surface area (Å²) in [4.78, 5) is 16.9. The first-order valence-corrected chi connectivity index (χ1v) is 13.1. The number of nitrogens with zero attached hydrogens (tertiary/aromatic N) is 2. The van der Waals surface area contributed by atoms with Gasteiger partial charge in [-0.15, -0.1) is 11.3 Å². The van der Waals surface area contributed by atoms with Crippen LogP contribution < -0.4 is 10.2 Å². The van der Waals surface area contributed by atoms with E-state index in [1.807, 2.05) is 24.4 Å². The zero-order valence-corrected chi connectivity index (χ0v) is 21.8. The molecule has 1 N–H and O–H groups in total. The molecule has 0 radical (unpaired) electrons. The Balaban J connectivity index is 1.50. The molecule has 2 aromatic carbocycles. The minimum atomic E-state index is -0.312. The number of benzene rings is 2. The SMILES string of the molecule is CCCCCCCCOc1c(Cl)cc(/C=N/NC(=O)c2ccc(-c3csc(C)n3)cc2)cc1Cl. The van der Waals surface area contributed by atoms with Crippen LogP contribution >= 0.6 is 34.5 Å². The molecule has 0 bridgehead atoms. The van der Waals surface area contributed by atoms with Crippen molar-refractivity contribution in [3.05, 3.63) is 68.0 Å². The number of aryl methyl sites for hydroxylation is 1. The minimum absolute atomic E-state index is 0.312. The third kappa shape index (κ3) is 7.83. The number of hydrogen-bond acceptors (Lipinski definition) is 5. The van der Waals surface area contributed by atoms with Crippen LogP contribution in [0.25, 0.3) is 11.3 Å². The summed E-state index contributed by atoms with van der Waals surface area (Å²) >= 11 is 14.3. The molecule has 0 unspecified atom stereocenters. The second kappa shape index (κ2) is 13.5. The lowest BCUT2D eigenvalue weighted by Crippen LogP contribution is -2.17. The van der Waals surface area contributed by atoms with Crippen LogP contribution in [-0.2, 0) is 0 Å². The summed E-state index contributed by atoms with van der Waals surface area (Å²) in [6.45, 7) is 4.75. The maximum atomic E-state index is 12.4. The Kier molecular flexibility index (Phi) is 10.4. The van der Waals surface area contributed by atoms with Crippen LogP contribution in [0.1, 0.15) is 66.4 Å². The molecule has 5 nitrogen and oxygen atoms in total. The van der Waals surface area contributed by atoms with Gasteiger partial charge in [0.25, 0.3) is 5.91 Å². The molecule has 1 heterocycles. The third-order valence-corrected chi connectivity index (χ3v) is 6.54. The van der Waals surface area contributed by atoms with Crippen molar-refractivity contribution in [2.75, 3.05) is 6.61 Å². The highest BCUT2D eigenvalue weighted by atomic mass is 35.5. The van der Waals surface area contributed by atoms with Gasteiger partial charge in [-0.2, -0.15) is 5.10 Å². The molecule has 0 aliphatic rings. The lowest BCUT2D eigenvalue weighted by atomic mass is 10.1. The van der Waals surface area contributed by atoms with Crippen LogP contribution in [-0.4, -0.2) is 23.7 Å². The van der Waals surface area contributed by atoms with Gasteiger partial charge < -0.3 is 4.74 Å². The summed E-state index contributed by atoms with van der Waals surface area (Å²) in [5.74, 6) is 0.168. The van der Waals surface area contributed by atoms with Crippen LogP contribution in [0.2, 0.25) is 10.0 Å². The average Bonchev–Trinajstić information content (AvgIpc) is 3.26. The van der Waals surface area contributed by atoms with Gasteiger partial charge >= 0.3 is 0 Å². The second-order valence-electron chi connectivity index (χ2n) is 7.96. The highest BCUT2D eigenvalue weighted by molar-refractivity contribution is 7.09. The standard InChI is InChI=1S/C26H29Cl2N3O2S/c1-3-4-5-6-7-8-13-33-25-22(27)14-19(15-23(25)28)16-29-31-26(32)21-11-9-20(10-12-21)24-17-34-18(2)30-24/h9-12,14-17H,3-8,13H2,1-2H3,(H,31,32)/b29-16+. The van der Waals surface area contributed by atoms with Gasteiger partial charge in [0.15, 0.2) is 5.75 Å². The monoisotopic (exact) mass is 517 g/mol. The Morgan fingerprint density at radius 3 is 2.41 bits per heavy atom. The summed E-state index contributed by atoms with van der Waals surface area (Å²) in [5, 5.41) is 7.86. The lowest BCUT2D eigenvalue weighted by Gasteiger charge is -2.11. The molecule has 0 fully saturated rings. The van der Waals surface area contributed by atoms with E-state index in [0.29, 0.717) is 33.5 Å². The smallest absolute Gasteiger partial charge is 0.271 e. The molecule has 0 aliphatic heterocycles. The fourth-order valence-corrected chi connectivity index (χ4v) is 4.60. The average molecular weight is 519 g/mol. The first kappa shape index (κ1) is 26.2. The van der Waals surface area contributed by atoms with Crippen molar-refractivity contribution in [2.45, 2.75) is 52.4 Å². The molecule has 8 heteroatoms. The van der Waals surface area contributed by atoms with Crippen molar-refractivity contribution < 1.29 is 9.53 Å². The van der Waals surface area contributed by atoms with Crippen molar-refractivity contribution in [3.8, 4) is 17.0 Å². The first-order valence-electron chi connectivity index (χ1n) is 11.5. The summed E-state index contributed by atoms with van der Waals surface area (Å²) in [7, 11) is 0. The summed E-state index contributed by atoms with van der Waals surface area (Å²) in [5.41, 5.74) is 5.56. The zero-order valence-electron chi connectivity index (χ0n) is 19.4. The molecular weight excluding hydrogens is 489 g/mol. The van der Waals surface area contributed by atoms with Gasteiger partial charge in [-0.1, -0.05) is 74.4 Å². The number of halogens is 2. The van der Waals surface area contributed by atoms with E-state index in [1.165, 1.54) is 31.9 Å². The summed E-state index contributed by atoms with van der Waals surface area (Å²) < 4.78 is 5.79. The summed E-state index contributed by atoms with van der Waals surface area (Å²) in [6.07, 6.45) is 8.60. The number of ether oxygens (including phenoxy) is 1. The van der Waals surface area contributed by atoms with Gasteiger partial charge in [-0.05, 0) is 43.2 Å². The van der Waals surface area contributed by atoms with E-state index < -0.39 is 0 Å². The topological polar surface area (TPSA) is 63.6 Å². The molecule has 0 aliphatic carbocycles. The number of rotatable bonds is 12. The van der Waals surface area contributed by atoms with Crippen LogP contribution in [0.5, 0.6) is 5.75 Å². The van der Waals surface area contributed by atoms with Crippen LogP contribution in [0.3, 0.4) is 0 Å². The lowest BCUT2D eigenvalue weighted by molar-refractivity contribution is 0.0955. The summed E-state index contributed by atoms with van der Waals surface area (Å²) in [6, 6.07) is 10.7. The molecule has 1 aromatic heterocycles. The number of carbonyl (C=O) groups is 1. The molecule has 180 valence electrons. The molecule has 3 rings (SSSR count).